The van der Waals surface area contributed by atoms with E-state index in [0.29, 0.717) is 23.2 Å². The van der Waals surface area contributed by atoms with Crippen molar-refractivity contribution in [2.75, 3.05) is 19.7 Å². The first-order chi connectivity index (χ1) is 16.5. The second kappa shape index (κ2) is 10.3. The van der Waals surface area contributed by atoms with Gasteiger partial charge in [0.25, 0.3) is 16.0 Å². The summed E-state index contributed by atoms with van der Waals surface area (Å²) in [4.78, 5) is 21.1. The molecule has 3 aromatic rings. The van der Waals surface area contributed by atoms with E-state index in [1.807, 2.05) is 36.4 Å². The van der Waals surface area contributed by atoms with Crippen LogP contribution in [0.1, 0.15) is 19.4 Å². The van der Waals surface area contributed by atoms with Gasteiger partial charge in [-0.05, 0) is 72.3 Å². The summed E-state index contributed by atoms with van der Waals surface area (Å²) in [5.74, 6) is -0.169. The molecule has 0 spiro atoms. The highest BCUT2D eigenvalue weighted by Gasteiger charge is 2.32. The molecule has 0 saturated carbocycles. The van der Waals surface area contributed by atoms with Gasteiger partial charge >= 0.3 is 0 Å². The Morgan fingerprint density at radius 1 is 1.20 bits per heavy atom. The van der Waals surface area contributed by atoms with Crippen LogP contribution in [0.5, 0.6) is 5.75 Å². The number of fused-ring (bicyclic) bond motifs is 1. The topological polar surface area (TPSA) is 100 Å². The highest BCUT2D eigenvalue weighted by atomic mass is 127. The number of hydrogen-bond acceptors (Lipinski definition) is 6. The van der Waals surface area contributed by atoms with Gasteiger partial charge in [-0.2, -0.15) is 8.42 Å². The molecule has 1 aromatic heterocycles. The van der Waals surface area contributed by atoms with Gasteiger partial charge in [0, 0.05) is 43.3 Å². The van der Waals surface area contributed by atoms with Crippen LogP contribution in [0.25, 0.3) is 10.9 Å². The Hall–Kier alpha value is -2.35. The van der Waals surface area contributed by atoms with E-state index >= 15 is 0 Å². The smallest absolute Gasteiger partial charge is 0.295 e. The molecular formula is C24H25FIN3O5S. The average Bonchev–Trinajstić information content (AvgIpc) is 2.80. The first-order valence-electron chi connectivity index (χ1n) is 11.0. The van der Waals surface area contributed by atoms with Crippen LogP contribution in [0.3, 0.4) is 0 Å². The number of piperazine rings is 1. The maximum Gasteiger partial charge on any atom is 0.295 e. The zero-order chi connectivity index (χ0) is 25.3. The Labute approximate surface area is 217 Å². The lowest BCUT2D eigenvalue weighted by molar-refractivity contribution is -0.139. The van der Waals surface area contributed by atoms with Crippen LogP contribution in [0.15, 0.2) is 53.6 Å². The van der Waals surface area contributed by atoms with E-state index in [1.165, 1.54) is 30.5 Å². The summed E-state index contributed by atoms with van der Waals surface area (Å²) >= 11 is 1.90. The van der Waals surface area contributed by atoms with E-state index in [0.717, 1.165) is 5.56 Å². The number of pyridine rings is 1. The molecule has 1 aliphatic heterocycles. The Balaban J connectivity index is 1.46. The van der Waals surface area contributed by atoms with Gasteiger partial charge in [-0.1, -0.05) is 12.1 Å². The molecular weight excluding hydrogens is 588 g/mol. The molecule has 1 fully saturated rings. The van der Waals surface area contributed by atoms with Crippen molar-refractivity contribution in [2.24, 2.45) is 0 Å². The number of ether oxygens (including phenoxy) is 1. The van der Waals surface area contributed by atoms with Gasteiger partial charge in [-0.3, -0.25) is 19.2 Å². The lowest BCUT2D eigenvalue weighted by Gasteiger charge is -2.44. The first-order valence-corrected chi connectivity index (χ1v) is 13.5. The summed E-state index contributed by atoms with van der Waals surface area (Å²) in [5.41, 5.74) is 1.27. The van der Waals surface area contributed by atoms with Gasteiger partial charge in [0.1, 0.15) is 16.2 Å². The third-order valence-corrected chi connectivity index (χ3v) is 7.81. The van der Waals surface area contributed by atoms with Crippen LogP contribution in [0.2, 0.25) is 0 Å². The molecule has 1 amide bonds. The molecule has 4 rings (SSSR count). The van der Waals surface area contributed by atoms with Gasteiger partial charge in [0.05, 0.1) is 3.57 Å². The van der Waals surface area contributed by atoms with Crippen molar-refractivity contribution in [3.63, 3.8) is 0 Å². The van der Waals surface area contributed by atoms with E-state index in [4.69, 9.17) is 4.74 Å². The molecule has 1 N–H and O–H groups in total. The fourth-order valence-electron chi connectivity index (χ4n) is 4.31. The summed E-state index contributed by atoms with van der Waals surface area (Å²) in [7, 11) is -4.46. The van der Waals surface area contributed by atoms with Crippen molar-refractivity contribution < 1.29 is 26.9 Å². The largest absolute Gasteiger partial charge is 0.480 e. The Morgan fingerprint density at radius 2 is 1.91 bits per heavy atom. The lowest BCUT2D eigenvalue weighted by Crippen LogP contribution is -2.58. The van der Waals surface area contributed by atoms with Gasteiger partial charge in [0.2, 0.25) is 0 Å². The predicted octanol–water partition coefficient (Wildman–Crippen LogP) is 3.73. The Bertz CT molecular complexity index is 1350. The normalized spacial score (nSPS) is 19.2. The average molecular weight is 613 g/mol. The standard InChI is InChI=1S/C24H25FIN3O5S/c1-15-12-29(16(2)11-28(15)13-17-5-7-18(25)8-6-17)22(30)14-34-24-20(26)10-21(35(31,32)33)19-4-3-9-27-23(19)24/h3-10,15-16H,11-14H2,1-2H3,(H,31,32,33)/t15-,16+/m0/s1. The maximum absolute atomic E-state index is 13.2. The SMILES string of the molecule is C[C@@H]1CN(Cc2ccc(F)cc2)[C@@H](C)CN1C(=O)COc1c(I)cc(S(=O)(=O)O)c2cccnc12. The monoisotopic (exact) mass is 613 g/mol. The van der Waals surface area contributed by atoms with Crippen molar-refractivity contribution in [1.82, 2.24) is 14.8 Å². The van der Waals surface area contributed by atoms with Crippen molar-refractivity contribution in [3.8, 4) is 5.75 Å². The van der Waals surface area contributed by atoms with E-state index in [9.17, 15) is 22.2 Å². The minimum atomic E-state index is -4.46. The minimum absolute atomic E-state index is 0.0569. The van der Waals surface area contributed by atoms with Gasteiger partial charge < -0.3 is 9.64 Å². The predicted molar refractivity (Wildman–Crippen MR) is 137 cm³/mol. The highest BCUT2D eigenvalue weighted by molar-refractivity contribution is 14.1. The molecule has 186 valence electrons. The number of carbonyl (C=O) groups excluding carboxylic acids is 1. The molecule has 8 nitrogen and oxygen atoms in total. The maximum atomic E-state index is 13.2. The third-order valence-electron chi connectivity index (χ3n) is 6.12. The molecule has 0 bridgehead atoms. The van der Waals surface area contributed by atoms with Crippen LogP contribution in [0, 0.1) is 9.39 Å². The van der Waals surface area contributed by atoms with Crippen molar-refractivity contribution in [2.45, 2.75) is 37.4 Å². The number of benzene rings is 2. The summed E-state index contributed by atoms with van der Waals surface area (Å²) in [6, 6.07) is 10.9. The van der Waals surface area contributed by atoms with Gasteiger partial charge in [-0.15, -0.1) is 0 Å². The molecule has 0 aliphatic carbocycles. The number of rotatable bonds is 6. The molecule has 0 radical (unpaired) electrons. The Kier molecular flexibility index (Phi) is 7.60. The molecule has 2 aromatic carbocycles. The van der Waals surface area contributed by atoms with Crippen LogP contribution >= 0.6 is 22.6 Å². The second-order valence-electron chi connectivity index (χ2n) is 8.65. The van der Waals surface area contributed by atoms with Gasteiger partial charge in [-0.25, -0.2) is 4.39 Å². The number of carbonyl (C=O) groups is 1. The number of hydrogen-bond donors (Lipinski definition) is 1. The van der Waals surface area contributed by atoms with Crippen molar-refractivity contribution in [1.29, 1.82) is 0 Å². The number of amides is 1. The van der Waals surface area contributed by atoms with Crippen LogP contribution in [0.4, 0.5) is 4.39 Å². The lowest BCUT2D eigenvalue weighted by atomic mass is 10.1. The van der Waals surface area contributed by atoms with Crippen molar-refractivity contribution in [3.05, 3.63) is 63.6 Å². The number of nitrogens with zero attached hydrogens (tertiary/aromatic N) is 3. The Morgan fingerprint density at radius 3 is 2.60 bits per heavy atom. The van der Waals surface area contributed by atoms with Crippen LogP contribution in [-0.2, 0) is 21.5 Å². The molecule has 2 heterocycles. The number of aromatic nitrogens is 1. The van der Waals surface area contributed by atoms with Gasteiger partial charge in [0.15, 0.2) is 12.4 Å². The molecule has 0 unspecified atom stereocenters. The first kappa shape index (κ1) is 25.7. The van der Waals surface area contributed by atoms with E-state index < -0.39 is 10.1 Å². The second-order valence-corrected chi connectivity index (χ2v) is 11.2. The fourth-order valence-corrected chi connectivity index (χ4v) is 5.96. The minimum Gasteiger partial charge on any atom is -0.480 e. The molecule has 11 heteroatoms. The van der Waals surface area contributed by atoms with Crippen LogP contribution < -0.4 is 4.74 Å². The summed E-state index contributed by atoms with van der Waals surface area (Å²) < 4.78 is 52.7. The molecule has 35 heavy (non-hydrogen) atoms. The summed E-state index contributed by atoms with van der Waals surface area (Å²) in [6.07, 6.45) is 1.49. The fraction of sp³-hybridized carbons (Fsp3) is 0.333. The van der Waals surface area contributed by atoms with E-state index in [-0.39, 0.29) is 52.0 Å². The van der Waals surface area contributed by atoms with E-state index in [2.05, 4.69) is 9.88 Å². The highest BCUT2D eigenvalue weighted by Crippen LogP contribution is 2.34. The zero-order valence-corrected chi connectivity index (χ0v) is 22.2. The van der Waals surface area contributed by atoms with E-state index in [1.54, 1.807) is 23.1 Å². The van der Waals surface area contributed by atoms with Crippen molar-refractivity contribution >= 4 is 49.5 Å². The molecule has 1 saturated heterocycles. The summed E-state index contributed by atoms with van der Waals surface area (Å²) in [6.45, 7) is 5.63. The zero-order valence-electron chi connectivity index (χ0n) is 19.2. The van der Waals surface area contributed by atoms with Crippen LogP contribution in [-0.4, -0.2) is 65.4 Å². The summed E-state index contributed by atoms with van der Waals surface area (Å²) in [5, 5.41) is 0.217. The quantitative estimate of drug-likeness (QED) is 0.334. The third kappa shape index (κ3) is 5.74. The molecule has 1 aliphatic rings. The number of halogens is 2. The molecule has 2 atom stereocenters.